The Morgan fingerprint density at radius 3 is 1.61 bits per heavy atom. The van der Waals surface area contributed by atoms with Gasteiger partial charge in [0.15, 0.2) is 4.77 Å². The summed E-state index contributed by atoms with van der Waals surface area (Å²) in [4.78, 5) is 22.1. The fraction of sp³-hybridized carbons (Fsp3) is 0.182. The molecule has 1 aromatic heterocycles. The number of nitrogens with zero attached hydrogens (tertiary/aromatic N) is 2. The number of fused-ring (bicyclic) bond motifs is 1. The highest BCUT2D eigenvalue weighted by molar-refractivity contribution is 7.71. The van der Waals surface area contributed by atoms with Crippen molar-refractivity contribution in [3.05, 3.63) is 28.0 Å². The first-order valence-electron chi connectivity index (χ1n) is 5.00. The van der Waals surface area contributed by atoms with E-state index in [1.807, 2.05) is 0 Å². The van der Waals surface area contributed by atoms with E-state index in [-0.39, 0.29) is 11.1 Å². The van der Waals surface area contributed by atoms with Gasteiger partial charge in [-0.2, -0.15) is 0 Å². The van der Waals surface area contributed by atoms with Crippen molar-refractivity contribution >= 4 is 35.2 Å². The van der Waals surface area contributed by atoms with Gasteiger partial charge >= 0.3 is 11.9 Å². The van der Waals surface area contributed by atoms with Gasteiger partial charge in [-0.3, -0.25) is 0 Å². The Bertz CT molecular complexity index is 682. The van der Waals surface area contributed by atoms with Crippen LogP contribution in [0.2, 0.25) is 0 Å². The topological polar surface area (TPSA) is 84.5 Å². The Labute approximate surface area is 107 Å². The lowest BCUT2D eigenvalue weighted by Crippen LogP contribution is -2.08. The van der Waals surface area contributed by atoms with Crippen LogP contribution in [-0.4, -0.2) is 31.3 Å². The fourth-order valence-electron chi connectivity index (χ4n) is 1.90. The number of hydrogen-bond acceptors (Lipinski definition) is 3. The minimum atomic E-state index is -1.27. The molecule has 0 fully saturated rings. The van der Waals surface area contributed by atoms with E-state index in [1.54, 1.807) is 23.2 Å². The van der Waals surface area contributed by atoms with Gasteiger partial charge < -0.3 is 19.3 Å². The zero-order chi connectivity index (χ0) is 13.6. The highest BCUT2D eigenvalue weighted by Gasteiger charge is 2.19. The molecular formula is C11H10N2O4S. The van der Waals surface area contributed by atoms with E-state index in [0.29, 0.717) is 15.8 Å². The van der Waals surface area contributed by atoms with Crippen molar-refractivity contribution in [2.75, 3.05) is 0 Å². The first-order chi connectivity index (χ1) is 8.34. The van der Waals surface area contributed by atoms with E-state index in [9.17, 15) is 9.59 Å². The van der Waals surface area contributed by atoms with Crippen molar-refractivity contribution < 1.29 is 19.8 Å². The van der Waals surface area contributed by atoms with Gasteiger partial charge in [-0.1, -0.05) is 0 Å². The highest BCUT2D eigenvalue weighted by Crippen LogP contribution is 2.21. The number of rotatable bonds is 2. The molecule has 1 heterocycles. The summed E-state index contributed by atoms with van der Waals surface area (Å²) in [6.07, 6.45) is 0. The van der Waals surface area contributed by atoms with Gasteiger partial charge in [0, 0.05) is 14.1 Å². The molecule has 0 spiro atoms. The Balaban J connectivity index is 2.98. The molecule has 0 saturated carbocycles. The lowest BCUT2D eigenvalue weighted by Gasteiger charge is -2.03. The molecule has 2 N–H and O–H groups in total. The largest absolute Gasteiger partial charge is 0.478 e. The first kappa shape index (κ1) is 12.3. The molecule has 6 nitrogen and oxygen atoms in total. The van der Waals surface area contributed by atoms with E-state index in [0.717, 1.165) is 0 Å². The summed E-state index contributed by atoms with van der Waals surface area (Å²) in [5.74, 6) is -2.55. The molecule has 18 heavy (non-hydrogen) atoms. The predicted octanol–water partition coefficient (Wildman–Crippen LogP) is 1.64. The standard InChI is InChI=1S/C11H10N2O4S/c1-12-7-3-5(9(14)15)6(10(16)17)4-8(7)13(2)11(12)18/h3-4H,1-2H3,(H,14,15)(H,16,17). The molecule has 7 heteroatoms. The number of aryl methyl sites for hydroxylation is 2. The lowest BCUT2D eigenvalue weighted by atomic mass is 10.1. The third-order valence-electron chi connectivity index (χ3n) is 2.87. The van der Waals surface area contributed by atoms with E-state index < -0.39 is 11.9 Å². The summed E-state index contributed by atoms with van der Waals surface area (Å²) in [7, 11) is 3.41. The minimum absolute atomic E-state index is 0.244. The number of imidazole rings is 1. The van der Waals surface area contributed by atoms with Crippen LogP contribution in [0.15, 0.2) is 12.1 Å². The number of aromatic carboxylic acids is 2. The van der Waals surface area contributed by atoms with Crippen LogP contribution in [0.1, 0.15) is 20.7 Å². The maximum absolute atomic E-state index is 11.1. The molecule has 2 aromatic rings. The number of carbonyl (C=O) groups is 2. The molecule has 0 radical (unpaired) electrons. The Kier molecular flexibility index (Phi) is 2.70. The zero-order valence-electron chi connectivity index (χ0n) is 9.67. The van der Waals surface area contributed by atoms with Crippen molar-refractivity contribution in [2.24, 2.45) is 14.1 Å². The molecule has 0 aliphatic rings. The maximum atomic E-state index is 11.1. The number of aromatic nitrogens is 2. The third-order valence-corrected chi connectivity index (χ3v) is 3.42. The molecule has 0 atom stereocenters. The van der Waals surface area contributed by atoms with Gasteiger partial charge in [-0.25, -0.2) is 9.59 Å². The van der Waals surface area contributed by atoms with Crippen LogP contribution in [-0.2, 0) is 14.1 Å². The molecule has 0 saturated heterocycles. The van der Waals surface area contributed by atoms with Crippen LogP contribution in [0.3, 0.4) is 0 Å². The maximum Gasteiger partial charge on any atom is 0.336 e. The van der Waals surface area contributed by atoms with Gasteiger partial charge in [-0.05, 0) is 24.4 Å². The quantitative estimate of drug-likeness (QED) is 0.807. The van der Waals surface area contributed by atoms with Crippen LogP contribution in [0, 0.1) is 4.77 Å². The number of hydrogen-bond donors (Lipinski definition) is 2. The highest BCUT2D eigenvalue weighted by atomic mass is 32.1. The van der Waals surface area contributed by atoms with Crippen LogP contribution >= 0.6 is 12.2 Å². The molecule has 94 valence electrons. The summed E-state index contributed by atoms with van der Waals surface area (Å²) < 4.78 is 3.77. The summed E-state index contributed by atoms with van der Waals surface area (Å²) in [5, 5.41) is 18.1. The average molecular weight is 266 g/mol. The Morgan fingerprint density at radius 1 is 1.00 bits per heavy atom. The van der Waals surface area contributed by atoms with Gasteiger partial charge in [0.05, 0.1) is 22.2 Å². The Morgan fingerprint density at radius 2 is 1.33 bits per heavy atom. The molecule has 1 aromatic carbocycles. The van der Waals surface area contributed by atoms with Gasteiger partial charge in [0.2, 0.25) is 0 Å². The summed E-state index contributed by atoms with van der Waals surface area (Å²) >= 11 is 5.14. The molecule has 0 aliphatic heterocycles. The van der Waals surface area contributed by atoms with Crippen LogP contribution in [0.5, 0.6) is 0 Å². The van der Waals surface area contributed by atoms with Crippen molar-refractivity contribution in [3.8, 4) is 0 Å². The second kappa shape index (κ2) is 3.95. The van der Waals surface area contributed by atoms with E-state index >= 15 is 0 Å². The monoisotopic (exact) mass is 266 g/mol. The van der Waals surface area contributed by atoms with E-state index in [2.05, 4.69) is 0 Å². The van der Waals surface area contributed by atoms with E-state index in [4.69, 9.17) is 22.4 Å². The van der Waals surface area contributed by atoms with Gasteiger partial charge in [0.1, 0.15) is 0 Å². The molecule has 0 bridgehead atoms. The van der Waals surface area contributed by atoms with Crippen molar-refractivity contribution in [2.45, 2.75) is 0 Å². The third kappa shape index (κ3) is 1.60. The number of carboxylic acids is 2. The van der Waals surface area contributed by atoms with Crippen molar-refractivity contribution in [1.82, 2.24) is 9.13 Å². The first-order valence-corrected chi connectivity index (χ1v) is 5.41. The number of carboxylic acid groups (broad SMARTS) is 2. The second-order valence-corrected chi connectivity index (χ2v) is 4.26. The van der Waals surface area contributed by atoms with Crippen LogP contribution in [0.25, 0.3) is 11.0 Å². The normalized spacial score (nSPS) is 10.8. The molecule has 2 rings (SSSR count). The summed E-state index contributed by atoms with van der Waals surface area (Å²) in [5.41, 5.74) is 0.687. The number of benzene rings is 1. The van der Waals surface area contributed by atoms with Gasteiger partial charge in [0.25, 0.3) is 0 Å². The zero-order valence-corrected chi connectivity index (χ0v) is 10.5. The molecule has 0 unspecified atom stereocenters. The van der Waals surface area contributed by atoms with Crippen molar-refractivity contribution in [3.63, 3.8) is 0 Å². The smallest absolute Gasteiger partial charge is 0.336 e. The van der Waals surface area contributed by atoms with Crippen molar-refractivity contribution in [1.29, 1.82) is 0 Å². The van der Waals surface area contributed by atoms with Gasteiger partial charge in [-0.15, -0.1) is 0 Å². The lowest BCUT2D eigenvalue weighted by molar-refractivity contribution is 0.0652. The summed E-state index contributed by atoms with van der Waals surface area (Å²) in [6, 6.07) is 2.66. The molecular weight excluding hydrogens is 256 g/mol. The minimum Gasteiger partial charge on any atom is -0.478 e. The van der Waals surface area contributed by atoms with Crippen LogP contribution in [0.4, 0.5) is 0 Å². The van der Waals surface area contributed by atoms with E-state index in [1.165, 1.54) is 12.1 Å². The fourth-order valence-corrected chi connectivity index (χ4v) is 2.10. The molecule has 0 amide bonds. The predicted molar refractivity (Wildman–Crippen MR) is 66.6 cm³/mol. The second-order valence-electron chi connectivity index (χ2n) is 3.90. The SMILES string of the molecule is Cn1c(=S)n(C)c2cc(C(=O)O)c(C(=O)O)cc21. The Hall–Kier alpha value is -2.15. The summed E-state index contributed by atoms with van der Waals surface area (Å²) in [6.45, 7) is 0. The molecule has 0 aliphatic carbocycles. The average Bonchev–Trinajstić information content (AvgIpc) is 2.53. The van der Waals surface area contributed by atoms with Crippen LogP contribution < -0.4 is 0 Å².